The second-order valence-corrected chi connectivity index (χ2v) is 8.34. The van der Waals surface area contributed by atoms with Crippen LogP contribution in [0, 0.1) is 6.92 Å². The third kappa shape index (κ3) is 4.13. The molecular weight excluding hydrogens is 429 g/mol. The predicted molar refractivity (Wildman–Crippen MR) is 117 cm³/mol. The van der Waals surface area contributed by atoms with Crippen molar-refractivity contribution < 1.29 is 14.0 Å². The van der Waals surface area contributed by atoms with Crippen molar-refractivity contribution in [2.24, 2.45) is 0 Å². The summed E-state index contributed by atoms with van der Waals surface area (Å²) in [5.41, 5.74) is 2.64. The van der Waals surface area contributed by atoms with Crippen LogP contribution in [-0.2, 0) is 11.3 Å². The van der Waals surface area contributed by atoms with Gasteiger partial charge in [0.15, 0.2) is 0 Å². The summed E-state index contributed by atoms with van der Waals surface area (Å²) in [6.07, 6.45) is 1.57. The topological polar surface area (TPSA) is 50.5 Å². The minimum absolute atomic E-state index is 0.241. The number of hydrogen-bond acceptors (Lipinski definition) is 4. The molecule has 0 radical (unpaired) electrons. The predicted octanol–water partition coefficient (Wildman–Crippen LogP) is 6.80. The van der Waals surface area contributed by atoms with Crippen molar-refractivity contribution in [2.45, 2.75) is 13.5 Å². The van der Waals surface area contributed by atoms with Crippen molar-refractivity contribution in [3.8, 4) is 11.3 Å². The summed E-state index contributed by atoms with van der Waals surface area (Å²) in [5, 5.41) is 0.528. The van der Waals surface area contributed by atoms with E-state index in [-0.39, 0.29) is 17.7 Å². The van der Waals surface area contributed by atoms with Crippen LogP contribution in [0.1, 0.15) is 16.9 Å². The van der Waals surface area contributed by atoms with Crippen LogP contribution in [0.2, 0.25) is 10.0 Å². The molecule has 2 aromatic carbocycles. The minimum atomic E-state index is -0.333. The van der Waals surface area contributed by atoms with E-state index in [2.05, 4.69) is 0 Å². The van der Waals surface area contributed by atoms with Crippen LogP contribution in [0.25, 0.3) is 17.4 Å². The Balaban J connectivity index is 1.56. The summed E-state index contributed by atoms with van der Waals surface area (Å²) in [6.45, 7) is 2.21. The molecule has 0 saturated carbocycles. The van der Waals surface area contributed by atoms with Crippen LogP contribution < -0.4 is 0 Å². The molecule has 29 heavy (non-hydrogen) atoms. The van der Waals surface area contributed by atoms with Gasteiger partial charge in [-0.05, 0) is 48.5 Å². The van der Waals surface area contributed by atoms with Gasteiger partial charge in [0, 0.05) is 11.6 Å². The van der Waals surface area contributed by atoms with Crippen molar-refractivity contribution in [1.29, 1.82) is 0 Å². The number of rotatable bonds is 4. The first-order chi connectivity index (χ1) is 13.9. The zero-order valence-electron chi connectivity index (χ0n) is 15.3. The van der Waals surface area contributed by atoms with Crippen LogP contribution in [0.4, 0.5) is 4.79 Å². The smallest absolute Gasteiger partial charge is 0.293 e. The molecule has 1 aliphatic rings. The number of imide groups is 1. The van der Waals surface area contributed by atoms with E-state index in [1.54, 1.807) is 36.4 Å². The summed E-state index contributed by atoms with van der Waals surface area (Å²) in [7, 11) is 0. The molecule has 1 fully saturated rings. The average Bonchev–Trinajstić information content (AvgIpc) is 3.24. The van der Waals surface area contributed by atoms with Gasteiger partial charge in [0.1, 0.15) is 11.5 Å². The molecule has 1 aromatic heterocycles. The van der Waals surface area contributed by atoms with Gasteiger partial charge < -0.3 is 4.42 Å². The third-order valence-electron chi connectivity index (χ3n) is 4.41. The van der Waals surface area contributed by atoms with Gasteiger partial charge in [0.25, 0.3) is 11.1 Å². The quantitative estimate of drug-likeness (QED) is 0.416. The Hall–Kier alpha value is -2.47. The maximum Gasteiger partial charge on any atom is 0.293 e. The summed E-state index contributed by atoms with van der Waals surface area (Å²) in [5.74, 6) is 0.653. The fraction of sp³-hybridized carbons (Fsp3) is 0.0909. The normalized spacial score (nSPS) is 15.6. The fourth-order valence-corrected chi connectivity index (χ4v) is 4.24. The van der Waals surface area contributed by atoms with Crippen molar-refractivity contribution in [2.75, 3.05) is 0 Å². The molecule has 0 bridgehead atoms. The van der Waals surface area contributed by atoms with Gasteiger partial charge in [-0.2, -0.15) is 0 Å². The molecule has 0 atom stereocenters. The number of hydrogen-bond donors (Lipinski definition) is 0. The lowest BCUT2D eigenvalue weighted by Crippen LogP contribution is -2.27. The highest BCUT2D eigenvalue weighted by atomic mass is 35.5. The molecule has 4 nitrogen and oxygen atoms in total. The first-order valence-electron chi connectivity index (χ1n) is 8.77. The van der Waals surface area contributed by atoms with Crippen molar-refractivity contribution in [3.05, 3.63) is 86.4 Å². The molecule has 2 amide bonds. The second-order valence-electron chi connectivity index (χ2n) is 6.56. The molecular formula is C22H15Cl2NO3S. The summed E-state index contributed by atoms with van der Waals surface area (Å²) in [4.78, 5) is 26.6. The highest BCUT2D eigenvalue weighted by Gasteiger charge is 2.35. The monoisotopic (exact) mass is 443 g/mol. The highest BCUT2D eigenvalue weighted by Crippen LogP contribution is 2.37. The molecule has 0 N–H and O–H groups in total. The van der Waals surface area contributed by atoms with E-state index >= 15 is 0 Å². The van der Waals surface area contributed by atoms with Gasteiger partial charge in [0.2, 0.25) is 0 Å². The Morgan fingerprint density at radius 2 is 1.86 bits per heavy atom. The number of halogens is 2. The van der Waals surface area contributed by atoms with Crippen molar-refractivity contribution in [3.63, 3.8) is 0 Å². The summed E-state index contributed by atoms with van der Waals surface area (Å²) in [6, 6.07) is 16.5. The number of carbonyl (C=O) groups is 2. The van der Waals surface area contributed by atoms with E-state index in [4.69, 9.17) is 27.6 Å². The fourth-order valence-electron chi connectivity index (χ4n) is 3.03. The van der Waals surface area contributed by atoms with E-state index in [1.165, 1.54) is 4.90 Å². The Bertz CT molecular complexity index is 1150. The molecule has 1 saturated heterocycles. The lowest BCUT2D eigenvalue weighted by Gasteiger charge is -2.12. The Morgan fingerprint density at radius 3 is 2.66 bits per heavy atom. The molecule has 7 heteroatoms. The largest absolute Gasteiger partial charge is 0.457 e. The number of thioether (sulfide) groups is 1. The van der Waals surface area contributed by atoms with Gasteiger partial charge in [-0.1, -0.05) is 59.1 Å². The van der Waals surface area contributed by atoms with Crippen LogP contribution >= 0.6 is 35.0 Å². The molecule has 4 rings (SSSR count). The molecule has 0 unspecified atom stereocenters. The van der Waals surface area contributed by atoms with Crippen LogP contribution in [0.5, 0.6) is 0 Å². The number of furan rings is 1. The van der Waals surface area contributed by atoms with E-state index in [0.717, 1.165) is 22.9 Å². The maximum absolute atomic E-state index is 12.7. The van der Waals surface area contributed by atoms with Crippen LogP contribution in [0.3, 0.4) is 0 Å². The maximum atomic E-state index is 12.7. The number of carbonyl (C=O) groups excluding carboxylic acids is 2. The van der Waals surface area contributed by atoms with Gasteiger partial charge >= 0.3 is 0 Å². The van der Waals surface area contributed by atoms with Gasteiger partial charge in [0.05, 0.1) is 21.5 Å². The first kappa shape index (κ1) is 19.8. The third-order valence-corrected chi connectivity index (χ3v) is 6.14. The number of amides is 2. The molecule has 0 aliphatic carbocycles. The summed E-state index contributed by atoms with van der Waals surface area (Å²) >= 11 is 13.2. The Kier molecular flexibility index (Phi) is 5.54. The molecule has 0 spiro atoms. The van der Waals surface area contributed by atoms with E-state index in [0.29, 0.717) is 32.0 Å². The van der Waals surface area contributed by atoms with E-state index < -0.39 is 0 Å². The van der Waals surface area contributed by atoms with Gasteiger partial charge in [-0.3, -0.25) is 14.5 Å². The Labute approximate surface area is 182 Å². The molecule has 146 valence electrons. The number of nitrogens with zero attached hydrogens (tertiary/aromatic N) is 1. The zero-order chi connectivity index (χ0) is 20.5. The lowest BCUT2D eigenvalue weighted by molar-refractivity contribution is -0.123. The average molecular weight is 444 g/mol. The summed E-state index contributed by atoms with van der Waals surface area (Å²) < 4.78 is 5.81. The van der Waals surface area contributed by atoms with Crippen molar-refractivity contribution >= 4 is 52.2 Å². The van der Waals surface area contributed by atoms with Gasteiger partial charge in [-0.15, -0.1) is 0 Å². The minimum Gasteiger partial charge on any atom is -0.457 e. The Morgan fingerprint density at radius 1 is 1.07 bits per heavy atom. The number of benzene rings is 2. The van der Waals surface area contributed by atoms with Gasteiger partial charge in [-0.25, -0.2) is 0 Å². The highest BCUT2D eigenvalue weighted by molar-refractivity contribution is 8.18. The van der Waals surface area contributed by atoms with E-state index in [9.17, 15) is 9.59 Å². The standard InChI is InChI=1S/C22H15Cl2NO3S/c1-13-4-2-5-14(10-13)12-25-21(26)19(29-22(25)27)11-15-8-9-18(28-15)16-6-3-7-17(23)20(16)24/h2-11H,12H2,1H3/b19-11+. The van der Waals surface area contributed by atoms with Crippen LogP contribution in [0.15, 0.2) is 63.9 Å². The first-order valence-corrected chi connectivity index (χ1v) is 10.3. The number of aryl methyl sites for hydroxylation is 1. The lowest BCUT2D eigenvalue weighted by atomic mass is 10.1. The second kappa shape index (κ2) is 8.11. The zero-order valence-corrected chi connectivity index (χ0v) is 17.6. The molecule has 3 aromatic rings. The SMILES string of the molecule is Cc1cccc(CN2C(=O)S/C(=C/c3ccc(-c4cccc(Cl)c4Cl)o3)C2=O)c1. The van der Waals surface area contributed by atoms with Crippen LogP contribution in [-0.4, -0.2) is 16.0 Å². The molecule has 1 aliphatic heterocycles. The molecule has 2 heterocycles. The van der Waals surface area contributed by atoms with E-state index in [1.807, 2.05) is 31.2 Å². The van der Waals surface area contributed by atoms with Crippen molar-refractivity contribution in [1.82, 2.24) is 4.90 Å².